The van der Waals surface area contributed by atoms with Crippen LogP contribution in [0.25, 0.3) is 33.3 Å². The van der Waals surface area contributed by atoms with Crippen LogP contribution in [0.15, 0.2) is 85.5 Å². The average molecular weight is 426 g/mol. The summed E-state index contributed by atoms with van der Waals surface area (Å²) < 4.78 is 27.7. The Kier molecular flexibility index (Phi) is 4.91. The summed E-state index contributed by atoms with van der Waals surface area (Å²) in [6, 6.07) is 16.5. The molecule has 0 saturated carbocycles. The number of fused-ring (bicyclic) bond motifs is 1. The molecule has 0 aliphatic heterocycles. The molecular weight excluding hydrogens is 410 g/mol. The Morgan fingerprint density at radius 1 is 0.906 bits per heavy atom. The first kappa shape index (κ1) is 19.6. The second-order valence-corrected chi connectivity index (χ2v) is 7.19. The van der Waals surface area contributed by atoms with Gasteiger partial charge in [0.05, 0.1) is 17.4 Å². The van der Waals surface area contributed by atoms with Crippen molar-refractivity contribution < 1.29 is 13.6 Å². The molecule has 1 amide bonds. The van der Waals surface area contributed by atoms with Crippen LogP contribution in [0.5, 0.6) is 0 Å². The van der Waals surface area contributed by atoms with E-state index in [1.165, 1.54) is 24.5 Å². The zero-order chi connectivity index (χ0) is 22.1. The Morgan fingerprint density at radius 3 is 2.56 bits per heavy atom. The number of nitrogens with one attached hydrogen (secondary N) is 2. The molecule has 0 saturated heterocycles. The van der Waals surface area contributed by atoms with Crippen molar-refractivity contribution in [2.45, 2.75) is 0 Å². The summed E-state index contributed by atoms with van der Waals surface area (Å²) in [7, 11) is 0. The fourth-order valence-corrected chi connectivity index (χ4v) is 3.61. The van der Waals surface area contributed by atoms with Crippen LogP contribution in [-0.2, 0) is 0 Å². The number of hydrogen-bond donors (Lipinski definition) is 2. The van der Waals surface area contributed by atoms with Crippen molar-refractivity contribution in [3.63, 3.8) is 0 Å². The number of carbonyl (C=O) groups is 1. The number of pyridine rings is 2. The fraction of sp³-hybridized carbons (Fsp3) is 0. The highest BCUT2D eigenvalue weighted by atomic mass is 19.1. The van der Waals surface area contributed by atoms with E-state index < -0.39 is 17.5 Å². The summed E-state index contributed by atoms with van der Waals surface area (Å²) in [6.45, 7) is 0. The van der Waals surface area contributed by atoms with Gasteiger partial charge in [-0.05, 0) is 29.8 Å². The third kappa shape index (κ3) is 3.60. The van der Waals surface area contributed by atoms with Crippen LogP contribution in [0, 0.1) is 11.6 Å². The predicted molar refractivity (Wildman–Crippen MR) is 119 cm³/mol. The van der Waals surface area contributed by atoms with Crippen LogP contribution < -0.4 is 5.32 Å². The first-order chi connectivity index (χ1) is 15.6. The Labute approximate surface area is 181 Å². The van der Waals surface area contributed by atoms with Crippen LogP contribution in [0.3, 0.4) is 0 Å². The third-order valence-corrected chi connectivity index (χ3v) is 5.17. The first-order valence-electron chi connectivity index (χ1n) is 9.83. The molecule has 0 radical (unpaired) electrons. The van der Waals surface area contributed by atoms with Gasteiger partial charge in [0, 0.05) is 46.7 Å². The van der Waals surface area contributed by atoms with Crippen molar-refractivity contribution in [1.82, 2.24) is 15.0 Å². The van der Waals surface area contributed by atoms with Gasteiger partial charge in [0.15, 0.2) is 0 Å². The van der Waals surface area contributed by atoms with E-state index >= 15 is 0 Å². The normalized spacial score (nSPS) is 10.9. The lowest BCUT2D eigenvalue weighted by Crippen LogP contribution is -2.12. The molecule has 7 heteroatoms. The number of H-pyrrole nitrogens is 1. The number of nitrogens with zero attached hydrogens (tertiary/aromatic N) is 2. The summed E-state index contributed by atoms with van der Waals surface area (Å²) in [5.74, 6) is -1.80. The molecule has 2 aromatic carbocycles. The van der Waals surface area contributed by atoms with Crippen molar-refractivity contribution in [1.29, 1.82) is 0 Å². The molecule has 2 N–H and O–H groups in total. The number of anilines is 1. The SMILES string of the molecule is O=C(Nc1cnccc1-c1ccc(F)cc1F)c1c[nH]c2ncc(-c3ccccc3)cc12. The minimum absolute atomic E-state index is 0.163. The highest BCUT2D eigenvalue weighted by Gasteiger charge is 2.17. The van der Waals surface area contributed by atoms with Crippen molar-refractivity contribution >= 4 is 22.6 Å². The fourth-order valence-electron chi connectivity index (χ4n) is 3.61. The van der Waals surface area contributed by atoms with Crippen molar-refractivity contribution in [3.05, 3.63) is 103 Å². The molecule has 0 spiro atoms. The second-order valence-electron chi connectivity index (χ2n) is 7.19. The summed E-state index contributed by atoms with van der Waals surface area (Å²) in [5, 5.41) is 3.45. The molecule has 0 bridgehead atoms. The maximum Gasteiger partial charge on any atom is 0.257 e. The lowest BCUT2D eigenvalue weighted by atomic mass is 10.0. The predicted octanol–water partition coefficient (Wildman–Crippen LogP) is 5.82. The molecule has 0 aliphatic rings. The highest BCUT2D eigenvalue weighted by molar-refractivity contribution is 6.13. The number of benzene rings is 2. The molecule has 0 fully saturated rings. The lowest BCUT2D eigenvalue weighted by molar-refractivity contribution is 0.102. The maximum atomic E-state index is 14.4. The first-order valence-corrected chi connectivity index (χ1v) is 9.83. The monoisotopic (exact) mass is 426 g/mol. The number of rotatable bonds is 4. The average Bonchev–Trinajstić information content (AvgIpc) is 3.24. The van der Waals surface area contributed by atoms with E-state index in [2.05, 4.69) is 20.3 Å². The summed E-state index contributed by atoms with van der Waals surface area (Å²) in [6.07, 6.45) is 6.23. The molecule has 5 aromatic rings. The Hall–Kier alpha value is -4.39. The van der Waals surface area contributed by atoms with Gasteiger partial charge in [0.2, 0.25) is 0 Å². The molecule has 3 heterocycles. The minimum atomic E-state index is -0.726. The Balaban J connectivity index is 1.51. The van der Waals surface area contributed by atoms with Crippen LogP contribution >= 0.6 is 0 Å². The van der Waals surface area contributed by atoms with Gasteiger partial charge in [-0.25, -0.2) is 13.8 Å². The van der Waals surface area contributed by atoms with E-state index in [1.807, 2.05) is 36.4 Å². The number of aromatic amines is 1. The second kappa shape index (κ2) is 8.03. The summed E-state index contributed by atoms with van der Waals surface area (Å²) in [4.78, 5) is 24.6. The molecule has 3 aromatic heterocycles. The van der Waals surface area contributed by atoms with Crippen LogP contribution in [0.4, 0.5) is 14.5 Å². The van der Waals surface area contributed by atoms with Crippen molar-refractivity contribution in [3.8, 4) is 22.3 Å². The molecule has 5 rings (SSSR count). The van der Waals surface area contributed by atoms with E-state index in [9.17, 15) is 13.6 Å². The van der Waals surface area contributed by atoms with E-state index in [0.29, 0.717) is 27.8 Å². The van der Waals surface area contributed by atoms with Crippen LogP contribution in [0.1, 0.15) is 10.4 Å². The molecule has 32 heavy (non-hydrogen) atoms. The largest absolute Gasteiger partial charge is 0.345 e. The van der Waals surface area contributed by atoms with Crippen LogP contribution in [0.2, 0.25) is 0 Å². The van der Waals surface area contributed by atoms with E-state index in [-0.39, 0.29) is 5.56 Å². The molecule has 0 aliphatic carbocycles. The van der Waals surface area contributed by atoms with Gasteiger partial charge in [-0.2, -0.15) is 0 Å². The van der Waals surface area contributed by atoms with E-state index in [1.54, 1.807) is 18.5 Å². The molecule has 0 unspecified atom stereocenters. The van der Waals surface area contributed by atoms with E-state index in [4.69, 9.17) is 0 Å². The zero-order valence-corrected chi connectivity index (χ0v) is 16.6. The quantitative estimate of drug-likeness (QED) is 0.380. The number of aromatic nitrogens is 3. The maximum absolute atomic E-state index is 14.4. The molecule has 0 atom stereocenters. The number of amides is 1. The van der Waals surface area contributed by atoms with Crippen LogP contribution in [-0.4, -0.2) is 20.9 Å². The zero-order valence-electron chi connectivity index (χ0n) is 16.6. The smallest absolute Gasteiger partial charge is 0.257 e. The van der Waals surface area contributed by atoms with Gasteiger partial charge in [-0.1, -0.05) is 30.3 Å². The number of halogens is 2. The van der Waals surface area contributed by atoms with E-state index in [0.717, 1.165) is 17.2 Å². The topological polar surface area (TPSA) is 70.7 Å². The van der Waals surface area contributed by atoms with Crippen molar-refractivity contribution in [2.24, 2.45) is 0 Å². The molecular formula is C25H16F2N4O. The third-order valence-electron chi connectivity index (χ3n) is 5.17. The van der Waals surface area contributed by atoms with Gasteiger partial charge in [-0.3, -0.25) is 9.78 Å². The van der Waals surface area contributed by atoms with Crippen molar-refractivity contribution in [2.75, 3.05) is 5.32 Å². The Bertz CT molecular complexity index is 1450. The minimum Gasteiger partial charge on any atom is -0.345 e. The van der Waals surface area contributed by atoms with Gasteiger partial charge in [0.1, 0.15) is 17.3 Å². The molecule has 5 nitrogen and oxygen atoms in total. The number of hydrogen-bond acceptors (Lipinski definition) is 3. The summed E-state index contributed by atoms with van der Waals surface area (Å²) >= 11 is 0. The highest BCUT2D eigenvalue weighted by Crippen LogP contribution is 2.31. The summed E-state index contributed by atoms with van der Waals surface area (Å²) in [5.41, 5.74) is 3.69. The lowest BCUT2D eigenvalue weighted by Gasteiger charge is -2.11. The van der Waals surface area contributed by atoms with Gasteiger partial charge in [-0.15, -0.1) is 0 Å². The van der Waals surface area contributed by atoms with Gasteiger partial charge in [0.25, 0.3) is 5.91 Å². The number of carbonyl (C=O) groups excluding carboxylic acids is 1. The Morgan fingerprint density at radius 2 is 1.75 bits per heavy atom. The van der Waals surface area contributed by atoms with Gasteiger partial charge < -0.3 is 10.3 Å². The standard InChI is InChI=1S/C25H16F2N4O/c26-17-6-7-18(22(27)11-17)19-8-9-28-14-23(19)31-25(32)21-13-30-24-20(21)10-16(12-29-24)15-4-2-1-3-5-15/h1-14H,(H,29,30)(H,31,32). The van der Waals surface area contributed by atoms with Gasteiger partial charge >= 0.3 is 0 Å². The molecule has 156 valence electrons.